The second kappa shape index (κ2) is 7.21. The Morgan fingerprint density at radius 2 is 1.90 bits per heavy atom. The van der Waals surface area contributed by atoms with E-state index in [9.17, 15) is 4.39 Å². The molecule has 0 aliphatic carbocycles. The molecule has 2 aromatic rings. The molecular formula is C16H16BrClFN. The quantitative estimate of drug-likeness (QED) is 0.812. The monoisotopic (exact) mass is 355 g/mol. The van der Waals surface area contributed by atoms with Crippen molar-refractivity contribution in [3.63, 3.8) is 0 Å². The molecular weight excluding hydrogens is 341 g/mol. The predicted molar refractivity (Wildman–Crippen MR) is 85.9 cm³/mol. The van der Waals surface area contributed by atoms with Gasteiger partial charge in [0.1, 0.15) is 5.82 Å². The number of nitrogens with one attached hydrogen (secondary N) is 1. The van der Waals surface area contributed by atoms with Gasteiger partial charge in [0.25, 0.3) is 0 Å². The van der Waals surface area contributed by atoms with Crippen molar-refractivity contribution in [1.82, 2.24) is 5.32 Å². The molecule has 0 heterocycles. The molecule has 0 bridgehead atoms. The molecule has 20 heavy (non-hydrogen) atoms. The summed E-state index contributed by atoms with van der Waals surface area (Å²) in [5.41, 5.74) is 2.18. The average molecular weight is 357 g/mol. The molecule has 0 aromatic heterocycles. The summed E-state index contributed by atoms with van der Waals surface area (Å²) in [7, 11) is 1.92. The molecule has 0 spiro atoms. The maximum absolute atomic E-state index is 13.5. The van der Waals surface area contributed by atoms with Gasteiger partial charge in [-0.3, -0.25) is 0 Å². The Hall–Kier alpha value is -0.900. The van der Waals surface area contributed by atoms with Gasteiger partial charge >= 0.3 is 0 Å². The van der Waals surface area contributed by atoms with Crippen molar-refractivity contribution in [3.8, 4) is 0 Å². The van der Waals surface area contributed by atoms with E-state index in [4.69, 9.17) is 11.6 Å². The number of hydrogen-bond acceptors (Lipinski definition) is 1. The lowest BCUT2D eigenvalue weighted by atomic mass is 9.92. The Morgan fingerprint density at radius 3 is 2.50 bits per heavy atom. The maximum atomic E-state index is 13.5. The van der Waals surface area contributed by atoms with Crippen molar-refractivity contribution in [2.24, 2.45) is 0 Å². The van der Waals surface area contributed by atoms with Crippen LogP contribution in [-0.2, 0) is 6.42 Å². The van der Waals surface area contributed by atoms with Crippen LogP contribution in [0.4, 0.5) is 4.39 Å². The third-order valence-corrected chi connectivity index (χ3v) is 3.91. The normalized spacial score (nSPS) is 12.4. The van der Waals surface area contributed by atoms with Crippen LogP contribution in [0.1, 0.15) is 17.0 Å². The van der Waals surface area contributed by atoms with Gasteiger partial charge in [0.2, 0.25) is 0 Å². The molecule has 0 aliphatic heterocycles. The molecule has 2 aromatic carbocycles. The largest absolute Gasteiger partial charge is 0.319 e. The Morgan fingerprint density at radius 1 is 1.20 bits per heavy atom. The van der Waals surface area contributed by atoms with Crippen LogP contribution in [0.2, 0.25) is 5.02 Å². The minimum atomic E-state index is -0.214. The first kappa shape index (κ1) is 15.5. The minimum absolute atomic E-state index is 0.214. The van der Waals surface area contributed by atoms with Crippen molar-refractivity contribution in [3.05, 3.63) is 68.9 Å². The summed E-state index contributed by atoms with van der Waals surface area (Å²) in [6, 6.07) is 12.9. The fourth-order valence-electron chi connectivity index (χ4n) is 2.30. The molecule has 0 saturated heterocycles. The molecule has 1 nitrogen and oxygen atoms in total. The Labute approximate surface area is 132 Å². The van der Waals surface area contributed by atoms with Crippen LogP contribution in [-0.4, -0.2) is 13.6 Å². The second-order valence-electron chi connectivity index (χ2n) is 4.79. The van der Waals surface area contributed by atoms with Crippen LogP contribution >= 0.6 is 27.5 Å². The van der Waals surface area contributed by atoms with Crippen LogP contribution in [0, 0.1) is 5.82 Å². The number of hydrogen-bond donors (Lipinski definition) is 1. The summed E-state index contributed by atoms with van der Waals surface area (Å²) in [6.07, 6.45) is 0.777. The molecule has 0 radical (unpaired) electrons. The van der Waals surface area contributed by atoms with E-state index in [0.29, 0.717) is 0 Å². The fraction of sp³-hybridized carbons (Fsp3) is 0.250. The molecule has 0 saturated carbocycles. The summed E-state index contributed by atoms with van der Waals surface area (Å²) in [6.45, 7) is 0.829. The molecule has 2 rings (SSSR count). The Kier molecular flexibility index (Phi) is 5.58. The van der Waals surface area contributed by atoms with Gasteiger partial charge in [-0.2, -0.15) is 0 Å². The highest BCUT2D eigenvalue weighted by Crippen LogP contribution is 2.24. The van der Waals surface area contributed by atoms with Gasteiger partial charge in [0.05, 0.1) is 0 Å². The highest BCUT2D eigenvalue weighted by atomic mass is 79.9. The van der Waals surface area contributed by atoms with Crippen LogP contribution in [0.3, 0.4) is 0 Å². The topological polar surface area (TPSA) is 12.0 Å². The molecule has 0 aliphatic rings. The number of halogens is 3. The van der Waals surface area contributed by atoms with Crippen LogP contribution in [0.15, 0.2) is 46.9 Å². The first-order valence-electron chi connectivity index (χ1n) is 6.43. The number of rotatable bonds is 5. The smallest absolute Gasteiger partial charge is 0.124 e. The third-order valence-electron chi connectivity index (χ3n) is 3.20. The third kappa shape index (κ3) is 4.30. The van der Waals surface area contributed by atoms with Crippen molar-refractivity contribution in [1.29, 1.82) is 0 Å². The van der Waals surface area contributed by atoms with E-state index in [1.54, 1.807) is 6.07 Å². The molecule has 1 unspecified atom stereocenters. The summed E-state index contributed by atoms with van der Waals surface area (Å²) < 4.78 is 14.2. The molecule has 0 amide bonds. The summed E-state index contributed by atoms with van der Waals surface area (Å²) in [5.74, 6) is 0.0691. The fourth-order valence-corrected chi connectivity index (χ4v) is 2.94. The van der Waals surface area contributed by atoms with Crippen LogP contribution in [0.5, 0.6) is 0 Å². The molecule has 0 fully saturated rings. The predicted octanol–water partition coefficient (Wildman–Crippen LogP) is 4.79. The van der Waals surface area contributed by atoms with E-state index in [2.05, 4.69) is 21.2 Å². The van der Waals surface area contributed by atoms with Crippen molar-refractivity contribution in [2.45, 2.75) is 12.3 Å². The van der Waals surface area contributed by atoms with Gasteiger partial charge in [-0.05, 0) is 54.9 Å². The van der Waals surface area contributed by atoms with Crippen molar-refractivity contribution >= 4 is 27.5 Å². The maximum Gasteiger partial charge on any atom is 0.124 e. The zero-order valence-electron chi connectivity index (χ0n) is 11.2. The number of benzene rings is 2. The molecule has 1 N–H and O–H groups in total. The first-order valence-corrected chi connectivity index (χ1v) is 7.60. The molecule has 106 valence electrons. The van der Waals surface area contributed by atoms with E-state index in [1.165, 1.54) is 11.6 Å². The van der Waals surface area contributed by atoms with E-state index in [0.717, 1.165) is 28.0 Å². The van der Waals surface area contributed by atoms with E-state index >= 15 is 0 Å². The van der Waals surface area contributed by atoms with Gasteiger partial charge in [-0.15, -0.1) is 0 Å². The highest BCUT2D eigenvalue weighted by Gasteiger charge is 2.12. The van der Waals surface area contributed by atoms with Crippen molar-refractivity contribution in [2.75, 3.05) is 13.6 Å². The van der Waals surface area contributed by atoms with Gasteiger partial charge in [0, 0.05) is 22.0 Å². The Balaban J connectivity index is 2.22. The van der Waals surface area contributed by atoms with Gasteiger partial charge < -0.3 is 5.32 Å². The lowest BCUT2D eigenvalue weighted by molar-refractivity contribution is 0.607. The van der Waals surface area contributed by atoms with E-state index in [1.807, 2.05) is 37.4 Å². The second-order valence-corrected chi connectivity index (χ2v) is 6.14. The van der Waals surface area contributed by atoms with Crippen LogP contribution < -0.4 is 5.32 Å². The average Bonchev–Trinajstić information content (AvgIpc) is 2.38. The first-order chi connectivity index (χ1) is 9.58. The van der Waals surface area contributed by atoms with Crippen LogP contribution in [0.25, 0.3) is 0 Å². The molecule has 4 heteroatoms. The lowest BCUT2D eigenvalue weighted by Crippen LogP contribution is -2.19. The Bertz CT molecular complexity index is 551. The summed E-state index contributed by atoms with van der Waals surface area (Å²) in [4.78, 5) is 0. The standard InChI is InChI=1S/C16H16BrClFN/c1-20-10-13(12-2-4-15(18)5-3-12)6-11-7-14(17)9-16(19)8-11/h2-5,7-9,13,20H,6,10H2,1H3. The van der Waals surface area contributed by atoms with Gasteiger partial charge in [-0.25, -0.2) is 4.39 Å². The zero-order chi connectivity index (χ0) is 14.5. The molecule has 1 atom stereocenters. The lowest BCUT2D eigenvalue weighted by Gasteiger charge is -2.17. The zero-order valence-corrected chi connectivity index (χ0v) is 13.5. The highest BCUT2D eigenvalue weighted by molar-refractivity contribution is 9.10. The number of likely N-dealkylation sites (N-methyl/N-ethyl adjacent to an activating group) is 1. The summed E-state index contributed by atoms with van der Waals surface area (Å²) >= 11 is 9.26. The van der Waals surface area contributed by atoms with E-state index in [-0.39, 0.29) is 11.7 Å². The van der Waals surface area contributed by atoms with Gasteiger partial charge in [-0.1, -0.05) is 39.7 Å². The van der Waals surface area contributed by atoms with E-state index < -0.39 is 0 Å². The minimum Gasteiger partial charge on any atom is -0.319 e. The summed E-state index contributed by atoms with van der Waals surface area (Å²) in [5, 5.41) is 3.92. The van der Waals surface area contributed by atoms with Crippen molar-refractivity contribution < 1.29 is 4.39 Å². The van der Waals surface area contributed by atoms with Gasteiger partial charge in [0.15, 0.2) is 0 Å². The SMILES string of the molecule is CNCC(Cc1cc(F)cc(Br)c1)c1ccc(Cl)cc1.